The van der Waals surface area contributed by atoms with Crippen molar-refractivity contribution in [1.82, 2.24) is 5.32 Å². The van der Waals surface area contributed by atoms with Crippen molar-refractivity contribution < 1.29 is 24.5 Å². The van der Waals surface area contributed by atoms with E-state index >= 15 is 0 Å². The molecule has 0 aliphatic carbocycles. The van der Waals surface area contributed by atoms with E-state index in [2.05, 4.69) is 26.1 Å². The Bertz CT molecular complexity index is 746. The first-order valence-corrected chi connectivity index (χ1v) is 23.3. The fraction of sp³-hybridized carbons (Fsp3) is 0.957. The summed E-state index contributed by atoms with van der Waals surface area (Å²) in [7, 11) is 0. The SMILES string of the molecule is CCCCCCCCCCCCCCCCCC(=O)OC(CCCCCCCCCCC)CC(=O)NC(CO)C(O)CCCCCCCCCCC. The van der Waals surface area contributed by atoms with Crippen LogP contribution in [0.4, 0.5) is 0 Å². The largest absolute Gasteiger partial charge is 0.462 e. The molecular weight excluding hydrogens is 647 g/mol. The Balaban J connectivity index is 4.45. The van der Waals surface area contributed by atoms with Crippen LogP contribution in [0.15, 0.2) is 0 Å². The summed E-state index contributed by atoms with van der Waals surface area (Å²) in [5, 5.41) is 23.6. The number of esters is 1. The molecule has 6 nitrogen and oxygen atoms in total. The van der Waals surface area contributed by atoms with Crippen molar-refractivity contribution in [3.05, 3.63) is 0 Å². The highest BCUT2D eigenvalue weighted by Crippen LogP contribution is 2.18. The summed E-state index contributed by atoms with van der Waals surface area (Å²) in [6.45, 7) is 6.46. The van der Waals surface area contributed by atoms with Crippen molar-refractivity contribution in [3.63, 3.8) is 0 Å². The molecule has 0 radical (unpaired) electrons. The van der Waals surface area contributed by atoms with E-state index in [4.69, 9.17) is 4.74 Å². The fourth-order valence-corrected chi connectivity index (χ4v) is 7.37. The quantitative estimate of drug-likeness (QED) is 0.0428. The van der Waals surface area contributed by atoms with Crippen molar-refractivity contribution in [1.29, 1.82) is 0 Å². The average molecular weight is 738 g/mol. The highest BCUT2D eigenvalue weighted by molar-refractivity contribution is 5.77. The van der Waals surface area contributed by atoms with Crippen molar-refractivity contribution in [2.24, 2.45) is 0 Å². The molecule has 0 aliphatic heterocycles. The molecule has 0 spiro atoms. The summed E-state index contributed by atoms with van der Waals surface area (Å²) in [6, 6.07) is -0.689. The normalized spacial score (nSPS) is 13.2. The Kier molecular flexibility index (Phi) is 40.1. The number of carbonyl (C=O) groups is 2. The third-order valence-electron chi connectivity index (χ3n) is 10.9. The van der Waals surface area contributed by atoms with Crippen LogP contribution in [0.3, 0.4) is 0 Å². The van der Waals surface area contributed by atoms with Gasteiger partial charge in [-0.1, -0.05) is 220 Å². The maximum Gasteiger partial charge on any atom is 0.306 e. The standard InChI is InChI=1S/C46H91NO5/c1-4-7-10-13-16-19-20-21-22-23-24-27-30-33-36-39-46(51)52-42(37-34-31-28-25-17-14-11-8-5-2)40-45(50)47-43(41-48)44(49)38-35-32-29-26-18-15-12-9-6-3/h42-44,48-49H,4-41H2,1-3H3,(H,47,50). The second-order valence-electron chi connectivity index (χ2n) is 16.2. The zero-order valence-electron chi connectivity index (χ0n) is 35.2. The van der Waals surface area contributed by atoms with E-state index in [1.54, 1.807) is 0 Å². The lowest BCUT2D eigenvalue weighted by Gasteiger charge is -2.24. The molecule has 6 heteroatoms. The highest BCUT2D eigenvalue weighted by atomic mass is 16.5. The summed E-state index contributed by atoms with van der Waals surface area (Å²) in [5.74, 6) is -0.460. The van der Waals surface area contributed by atoms with Gasteiger partial charge < -0.3 is 20.3 Å². The van der Waals surface area contributed by atoms with Gasteiger partial charge in [0.05, 0.1) is 25.2 Å². The number of aliphatic hydroxyl groups is 2. The third-order valence-corrected chi connectivity index (χ3v) is 10.9. The minimum Gasteiger partial charge on any atom is -0.462 e. The summed E-state index contributed by atoms with van der Waals surface area (Å²) >= 11 is 0. The van der Waals surface area contributed by atoms with Crippen LogP contribution in [0.2, 0.25) is 0 Å². The molecule has 0 heterocycles. The second kappa shape index (κ2) is 41.0. The third kappa shape index (κ3) is 35.9. The first-order chi connectivity index (χ1) is 25.5. The molecule has 0 aromatic carbocycles. The molecule has 3 N–H and O–H groups in total. The second-order valence-corrected chi connectivity index (χ2v) is 16.2. The monoisotopic (exact) mass is 738 g/mol. The maximum atomic E-state index is 13.1. The molecule has 0 saturated heterocycles. The number of ether oxygens (including phenoxy) is 1. The number of amides is 1. The first kappa shape index (κ1) is 50.9. The Morgan fingerprint density at radius 1 is 0.481 bits per heavy atom. The van der Waals surface area contributed by atoms with Crippen LogP contribution in [0.5, 0.6) is 0 Å². The van der Waals surface area contributed by atoms with Gasteiger partial charge in [-0.25, -0.2) is 0 Å². The van der Waals surface area contributed by atoms with Crippen LogP contribution in [0, 0.1) is 0 Å². The molecule has 3 atom stereocenters. The Hall–Kier alpha value is -1.14. The van der Waals surface area contributed by atoms with Crippen molar-refractivity contribution in [2.45, 2.75) is 277 Å². The van der Waals surface area contributed by atoms with Crippen molar-refractivity contribution in [3.8, 4) is 0 Å². The molecule has 0 fully saturated rings. The summed E-state index contributed by atoms with van der Waals surface area (Å²) in [6.07, 6.45) is 41.7. The molecule has 310 valence electrons. The summed E-state index contributed by atoms with van der Waals surface area (Å²) in [4.78, 5) is 25.9. The van der Waals surface area contributed by atoms with Crippen molar-refractivity contribution >= 4 is 11.9 Å². The molecular formula is C46H91NO5. The first-order valence-electron chi connectivity index (χ1n) is 23.3. The van der Waals surface area contributed by atoms with Gasteiger partial charge >= 0.3 is 5.97 Å². The number of hydrogen-bond donors (Lipinski definition) is 3. The zero-order chi connectivity index (χ0) is 38.2. The van der Waals surface area contributed by atoms with Gasteiger partial charge in [-0.2, -0.15) is 0 Å². The van der Waals surface area contributed by atoms with E-state index in [1.165, 1.54) is 173 Å². The Morgan fingerprint density at radius 2 is 0.808 bits per heavy atom. The number of unbranched alkanes of at least 4 members (excludes halogenated alkanes) is 30. The van der Waals surface area contributed by atoms with E-state index in [1.807, 2.05) is 0 Å². The number of carbonyl (C=O) groups excluding carboxylic acids is 2. The molecule has 3 unspecified atom stereocenters. The molecule has 0 aliphatic rings. The highest BCUT2D eigenvalue weighted by Gasteiger charge is 2.24. The fourth-order valence-electron chi connectivity index (χ4n) is 7.37. The minimum absolute atomic E-state index is 0.0862. The lowest BCUT2D eigenvalue weighted by molar-refractivity contribution is -0.151. The van der Waals surface area contributed by atoms with Gasteiger partial charge in [-0.3, -0.25) is 9.59 Å². The van der Waals surface area contributed by atoms with Gasteiger partial charge in [0.25, 0.3) is 0 Å². The molecule has 0 rings (SSSR count). The number of hydrogen-bond acceptors (Lipinski definition) is 5. The molecule has 0 aromatic heterocycles. The van der Waals surface area contributed by atoms with Crippen LogP contribution in [0.25, 0.3) is 0 Å². The Labute approximate surface area is 324 Å². The topological polar surface area (TPSA) is 95.9 Å². The van der Waals surface area contributed by atoms with Gasteiger partial charge in [0, 0.05) is 6.42 Å². The summed E-state index contributed by atoms with van der Waals surface area (Å²) in [5.41, 5.74) is 0. The smallest absolute Gasteiger partial charge is 0.306 e. The number of aliphatic hydroxyl groups excluding tert-OH is 2. The van der Waals surface area contributed by atoms with Gasteiger partial charge in [0.1, 0.15) is 6.10 Å². The lowest BCUT2D eigenvalue weighted by Crippen LogP contribution is -2.46. The van der Waals surface area contributed by atoms with Crippen LogP contribution >= 0.6 is 0 Å². The predicted octanol–water partition coefficient (Wildman–Crippen LogP) is 13.2. The van der Waals surface area contributed by atoms with Crippen LogP contribution < -0.4 is 5.32 Å². The van der Waals surface area contributed by atoms with Crippen molar-refractivity contribution in [2.75, 3.05) is 6.61 Å². The van der Waals surface area contributed by atoms with E-state index in [0.29, 0.717) is 19.3 Å². The summed E-state index contributed by atoms with van der Waals surface area (Å²) < 4.78 is 5.90. The predicted molar refractivity (Wildman–Crippen MR) is 223 cm³/mol. The van der Waals surface area contributed by atoms with Crippen LogP contribution in [-0.2, 0) is 14.3 Å². The number of rotatable bonds is 42. The molecule has 0 saturated carbocycles. The lowest BCUT2D eigenvalue weighted by atomic mass is 10.0. The van der Waals surface area contributed by atoms with Gasteiger partial charge in [0.2, 0.25) is 5.91 Å². The average Bonchev–Trinajstić information content (AvgIpc) is 3.13. The molecule has 1 amide bonds. The van der Waals surface area contributed by atoms with Gasteiger partial charge in [0.15, 0.2) is 0 Å². The van der Waals surface area contributed by atoms with Crippen LogP contribution in [-0.4, -0.2) is 46.9 Å². The number of nitrogens with one attached hydrogen (secondary N) is 1. The van der Waals surface area contributed by atoms with E-state index in [9.17, 15) is 19.8 Å². The van der Waals surface area contributed by atoms with Gasteiger partial charge in [-0.05, 0) is 25.7 Å². The molecule has 0 aromatic rings. The molecule has 52 heavy (non-hydrogen) atoms. The zero-order valence-corrected chi connectivity index (χ0v) is 35.2. The molecule has 0 bridgehead atoms. The van der Waals surface area contributed by atoms with E-state index < -0.39 is 18.2 Å². The maximum absolute atomic E-state index is 13.1. The minimum atomic E-state index is -0.776. The van der Waals surface area contributed by atoms with Crippen LogP contribution in [0.1, 0.15) is 258 Å². The van der Waals surface area contributed by atoms with E-state index in [0.717, 1.165) is 38.5 Å². The van der Waals surface area contributed by atoms with E-state index in [-0.39, 0.29) is 24.9 Å². The Morgan fingerprint density at radius 3 is 1.17 bits per heavy atom. The van der Waals surface area contributed by atoms with Gasteiger partial charge in [-0.15, -0.1) is 0 Å².